The molecule has 1 aliphatic rings. The third kappa shape index (κ3) is 4.27. The topological polar surface area (TPSA) is 41.1 Å². The monoisotopic (exact) mass is 333 g/mol. The molecule has 1 aromatic carbocycles. The number of likely N-dealkylation sites (tertiary alicyclic amines) is 1. The van der Waals surface area contributed by atoms with Crippen LogP contribution < -0.4 is 4.74 Å². The van der Waals surface area contributed by atoms with Gasteiger partial charge in [0.15, 0.2) is 0 Å². The maximum atomic E-state index is 5.94. The summed E-state index contributed by atoms with van der Waals surface area (Å²) in [6.07, 6.45) is 5.10. The maximum Gasteiger partial charge on any atom is 0.236 e. The van der Waals surface area contributed by atoms with E-state index in [-0.39, 0.29) is 0 Å². The number of ether oxygens (including phenoxy) is 1. The van der Waals surface area contributed by atoms with Gasteiger partial charge in [-0.05, 0) is 51.4 Å². The Morgan fingerprint density at radius 1 is 1.17 bits per heavy atom. The number of benzene rings is 1. The van der Waals surface area contributed by atoms with E-state index in [1.807, 2.05) is 31.2 Å². The van der Waals surface area contributed by atoms with Crippen LogP contribution in [0.5, 0.6) is 5.88 Å². The highest BCUT2D eigenvalue weighted by atomic mass is 35.5. The molecule has 0 bridgehead atoms. The first-order valence-electron chi connectivity index (χ1n) is 8.40. The lowest BCUT2D eigenvalue weighted by Crippen LogP contribution is -2.31. The van der Waals surface area contributed by atoms with Crippen LogP contribution in [0.25, 0.3) is 11.3 Å². The van der Waals surface area contributed by atoms with Crippen molar-refractivity contribution in [1.29, 1.82) is 0 Å². The molecule has 1 N–H and O–H groups in total. The maximum absolute atomic E-state index is 5.94. The van der Waals surface area contributed by atoms with E-state index in [1.165, 1.54) is 32.4 Å². The summed E-state index contributed by atoms with van der Waals surface area (Å²) in [5.41, 5.74) is 3.11. The summed E-state index contributed by atoms with van der Waals surface area (Å²) in [5.74, 6) is 0.702. The van der Waals surface area contributed by atoms with Gasteiger partial charge in [-0.25, -0.2) is 0 Å². The van der Waals surface area contributed by atoms with Crippen LogP contribution in [-0.2, 0) is 0 Å². The zero-order valence-corrected chi connectivity index (χ0v) is 14.4. The number of halogens is 1. The van der Waals surface area contributed by atoms with E-state index in [1.54, 1.807) is 0 Å². The van der Waals surface area contributed by atoms with E-state index in [2.05, 4.69) is 15.1 Å². The Morgan fingerprint density at radius 2 is 1.91 bits per heavy atom. The lowest BCUT2D eigenvalue weighted by molar-refractivity contribution is 0.202. The van der Waals surface area contributed by atoms with Crippen LogP contribution in [0.1, 0.15) is 31.2 Å². The van der Waals surface area contributed by atoms with Gasteiger partial charge in [0.25, 0.3) is 0 Å². The first kappa shape index (κ1) is 16.3. The van der Waals surface area contributed by atoms with Crippen LogP contribution >= 0.6 is 11.6 Å². The molecule has 0 unspecified atom stereocenters. The molecule has 1 aromatic heterocycles. The molecule has 0 atom stereocenters. The summed E-state index contributed by atoms with van der Waals surface area (Å²) in [4.78, 5) is 2.53. The summed E-state index contributed by atoms with van der Waals surface area (Å²) >= 11 is 5.94. The number of rotatable bonds is 6. The van der Waals surface area contributed by atoms with Crippen molar-refractivity contribution in [3.8, 4) is 17.1 Å². The van der Waals surface area contributed by atoms with Crippen LogP contribution in [0.3, 0.4) is 0 Å². The highest BCUT2D eigenvalue weighted by molar-refractivity contribution is 6.30. The molecule has 0 amide bonds. The average Bonchev–Trinajstić information content (AvgIpc) is 2.94. The summed E-state index contributed by atoms with van der Waals surface area (Å²) in [7, 11) is 0. The van der Waals surface area contributed by atoms with Gasteiger partial charge in [0, 0.05) is 22.7 Å². The van der Waals surface area contributed by atoms with Crippen molar-refractivity contribution in [2.75, 3.05) is 26.2 Å². The third-order valence-corrected chi connectivity index (χ3v) is 4.66. The van der Waals surface area contributed by atoms with Gasteiger partial charge in [-0.3, -0.25) is 5.10 Å². The predicted molar refractivity (Wildman–Crippen MR) is 94.2 cm³/mol. The Balaban J connectivity index is 1.51. The van der Waals surface area contributed by atoms with Crippen LogP contribution in [0.4, 0.5) is 0 Å². The van der Waals surface area contributed by atoms with E-state index in [0.29, 0.717) is 12.5 Å². The van der Waals surface area contributed by atoms with Gasteiger partial charge >= 0.3 is 0 Å². The molecule has 0 aliphatic carbocycles. The number of hydrogen-bond acceptors (Lipinski definition) is 3. The first-order chi connectivity index (χ1) is 11.2. The lowest BCUT2D eigenvalue weighted by atomic mass is 10.1. The van der Waals surface area contributed by atoms with Crippen LogP contribution in [0, 0.1) is 6.92 Å². The summed E-state index contributed by atoms with van der Waals surface area (Å²) < 4.78 is 5.86. The minimum Gasteiger partial charge on any atom is -0.476 e. The largest absolute Gasteiger partial charge is 0.476 e. The Hall–Kier alpha value is -1.52. The molecule has 5 heteroatoms. The van der Waals surface area contributed by atoms with Gasteiger partial charge in [0.1, 0.15) is 0 Å². The molecule has 0 spiro atoms. The zero-order valence-electron chi connectivity index (χ0n) is 13.6. The molecule has 1 saturated heterocycles. The van der Waals surface area contributed by atoms with Crippen molar-refractivity contribution in [2.24, 2.45) is 0 Å². The molecule has 3 rings (SSSR count). The second kappa shape index (κ2) is 7.84. The molecule has 1 aliphatic heterocycles. The SMILES string of the molecule is Cc1c(OCCCN2CCCCC2)n[nH]c1-c1ccc(Cl)cc1. The van der Waals surface area contributed by atoms with Crippen molar-refractivity contribution in [3.05, 3.63) is 34.9 Å². The molecule has 4 nitrogen and oxygen atoms in total. The fraction of sp³-hybridized carbons (Fsp3) is 0.500. The summed E-state index contributed by atoms with van der Waals surface area (Å²) in [5, 5.41) is 8.11. The van der Waals surface area contributed by atoms with E-state index < -0.39 is 0 Å². The highest BCUT2D eigenvalue weighted by Crippen LogP contribution is 2.28. The Morgan fingerprint density at radius 3 is 2.65 bits per heavy atom. The predicted octanol–water partition coefficient (Wildman–Crippen LogP) is 4.29. The highest BCUT2D eigenvalue weighted by Gasteiger charge is 2.13. The van der Waals surface area contributed by atoms with Crippen LogP contribution in [0.15, 0.2) is 24.3 Å². The minimum absolute atomic E-state index is 0.702. The molecular formula is C18H24ClN3O. The summed E-state index contributed by atoms with van der Waals surface area (Å²) in [6, 6.07) is 7.75. The van der Waals surface area contributed by atoms with Gasteiger partial charge in [0.2, 0.25) is 5.88 Å². The van der Waals surface area contributed by atoms with Gasteiger partial charge < -0.3 is 9.64 Å². The first-order valence-corrected chi connectivity index (χ1v) is 8.78. The number of H-pyrrole nitrogens is 1. The van der Waals surface area contributed by atoms with E-state index >= 15 is 0 Å². The number of hydrogen-bond donors (Lipinski definition) is 1. The minimum atomic E-state index is 0.702. The van der Waals surface area contributed by atoms with Gasteiger partial charge in [-0.2, -0.15) is 0 Å². The molecule has 23 heavy (non-hydrogen) atoms. The molecule has 124 valence electrons. The third-order valence-electron chi connectivity index (χ3n) is 4.40. The molecular weight excluding hydrogens is 310 g/mol. The van der Waals surface area contributed by atoms with Crippen LogP contribution in [0.2, 0.25) is 5.02 Å². The molecule has 1 fully saturated rings. The summed E-state index contributed by atoms with van der Waals surface area (Å²) in [6.45, 7) is 6.34. The van der Waals surface area contributed by atoms with Crippen molar-refractivity contribution in [3.63, 3.8) is 0 Å². The van der Waals surface area contributed by atoms with Crippen LogP contribution in [-0.4, -0.2) is 41.3 Å². The van der Waals surface area contributed by atoms with Crippen molar-refractivity contribution >= 4 is 11.6 Å². The molecule has 0 radical (unpaired) electrons. The van der Waals surface area contributed by atoms with Gasteiger partial charge in [-0.1, -0.05) is 30.2 Å². The smallest absolute Gasteiger partial charge is 0.236 e. The van der Waals surface area contributed by atoms with E-state index in [4.69, 9.17) is 16.3 Å². The number of aromatic nitrogens is 2. The number of piperidine rings is 1. The van der Waals surface area contributed by atoms with Crippen molar-refractivity contribution < 1.29 is 4.74 Å². The Bertz CT molecular complexity index is 618. The average molecular weight is 334 g/mol. The van der Waals surface area contributed by atoms with E-state index in [0.717, 1.165) is 34.8 Å². The quantitative estimate of drug-likeness (QED) is 0.801. The zero-order chi connectivity index (χ0) is 16.1. The second-order valence-electron chi connectivity index (χ2n) is 6.14. The number of nitrogens with one attached hydrogen (secondary N) is 1. The second-order valence-corrected chi connectivity index (χ2v) is 6.58. The molecule has 2 aromatic rings. The Labute approximate surface area is 142 Å². The van der Waals surface area contributed by atoms with Gasteiger partial charge in [-0.15, -0.1) is 5.10 Å². The van der Waals surface area contributed by atoms with Crippen molar-refractivity contribution in [2.45, 2.75) is 32.6 Å². The van der Waals surface area contributed by atoms with Gasteiger partial charge in [0.05, 0.1) is 12.3 Å². The Kier molecular flexibility index (Phi) is 5.57. The lowest BCUT2D eigenvalue weighted by Gasteiger charge is -2.26. The molecule has 2 heterocycles. The number of aromatic amines is 1. The van der Waals surface area contributed by atoms with E-state index in [9.17, 15) is 0 Å². The normalized spacial score (nSPS) is 15.7. The fourth-order valence-electron chi connectivity index (χ4n) is 3.06. The van der Waals surface area contributed by atoms with Crippen molar-refractivity contribution in [1.82, 2.24) is 15.1 Å². The fourth-order valence-corrected chi connectivity index (χ4v) is 3.19. The number of nitrogens with zero attached hydrogens (tertiary/aromatic N) is 2. The molecule has 0 saturated carbocycles. The standard InChI is InChI=1S/C18H24ClN3O/c1-14-17(15-6-8-16(19)9-7-15)20-21-18(14)23-13-5-12-22-10-3-2-4-11-22/h6-9H,2-5,10-13H2,1H3,(H,20,21).